The van der Waals surface area contributed by atoms with Gasteiger partial charge in [-0.05, 0) is 19.8 Å². The van der Waals surface area contributed by atoms with Gasteiger partial charge in [0, 0.05) is 69.2 Å². The third kappa shape index (κ3) is 3.28. The number of carbonyl (C=O) groups is 1. The van der Waals surface area contributed by atoms with Gasteiger partial charge in [-0.2, -0.15) is 10.2 Å². The summed E-state index contributed by atoms with van der Waals surface area (Å²) in [6.07, 6.45) is 7.62. The summed E-state index contributed by atoms with van der Waals surface area (Å²) in [4.78, 5) is 15.2. The van der Waals surface area contributed by atoms with Crippen LogP contribution in [0.5, 0.6) is 0 Å². The number of nitrogens with zero attached hydrogens (tertiary/aromatic N) is 5. The second kappa shape index (κ2) is 6.87. The van der Waals surface area contributed by atoms with Crippen molar-refractivity contribution in [1.29, 1.82) is 0 Å². The first-order valence-electron chi connectivity index (χ1n) is 9.58. The fraction of sp³-hybridized carbons (Fsp3) is 0.632. The molecular formula is C19H28N6O. The number of amides is 1. The van der Waals surface area contributed by atoms with E-state index in [1.54, 1.807) is 0 Å². The van der Waals surface area contributed by atoms with Crippen LogP contribution < -0.4 is 5.32 Å². The zero-order valence-corrected chi connectivity index (χ0v) is 16.0. The van der Waals surface area contributed by atoms with Crippen molar-refractivity contribution in [3.63, 3.8) is 0 Å². The standard InChI is InChI=1S/C19H28N6O/c1-13-14(10-23(2)21-13)11-25-9-8-17-16(12-25)18(22-24(17)3)19(26)20-15-6-4-5-7-15/h10,15H,4-9,11-12H2,1-3H3,(H,20,26). The van der Waals surface area contributed by atoms with E-state index >= 15 is 0 Å². The fourth-order valence-electron chi connectivity index (χ4n) is 4.33. The van der Waals surface area contributed by atoms with E-state index in [0.717, 1.165) is 50.2 Å². The number of rotatable bonds is 4. The third-order valence-electron chi connectivity index (χ3n) is 5.74. The molecule has 26 heavy (non-hydrogen) atoms. The summed E-state index contributed by atoms with van der Waals surface area (Å²) in [6.45, 7) is 4.66. The SMILES string of the molecule is Cc1nn(C)cc1CN1CCc2c(c(C(=O)NC3CCCC3)nn2C)C1. The molecule has 0 atom stereocenters. The molecule has 2 aromatic heterocycles. The molecule has 2 aromatic rings. The van der Waals surface area contributed by atoms with Gasteiger partial charge in [-0.25, -0.2) is 0 Å². The van der Waals surface area contributed by atoms with E-state index in [0.29, 0.717) is 11.7 Å². The van der Waals surface area contributed by atoms with Crippen LogP contribution in [0.4, 0.5) is 0 Å². The van der Waals surface area contributed by atoms with Crippen molar-refractivity contribution in [2.45, 2.75) is 58.2 Å². The van der Waals surface area contributed by atoms with Crippen LogP contribution in [0, 0.1) is 6.92 Å². The van der Waals surface area contributed by atoms with Gasteiger partial charge in [0.2, 0.25) is 0 Å². The Morgan fingerprint density at radius 3 is 2.73 bits per heavy atom. The lowest BCUT2D eigenvalue weighted by Gasteiger charge is -2.27. The minimum absolute atomic E-state index is 0.00633. The Hall–Kier alpha value is -2.15. The number of nitrogens with one attached hydrogen (secondary N) is 1. The molecular weight excluding hydrogens is 328 g/mol. The molecule has 0 radical (unpaired) electrons. The van der Waals surface area contributed by atoms with E-state index in [-0.39, 0.29) is 5.91 Å². The molecule has 1 N–H and O–H groups in total. The summed E-state index contributed by atoms with van der Waals surface area (Å²) in [7, 11) is 3.91. The highest BCUT2D eigenvalue weighted by atomic mass is 16.2. The molecule has 7 heteroatoms. The quantitative estimate of drug-likeness (QED) is 0.905. The summed E-state index contributed by atoms with van der Waals surface area (Å²) < 4.78 is 3.76. The smallest absolute Gasteiger partial charge is 0.272 e. The third-order valence-corrected chi connectivity index (χ3v) is 5.74. The topological polar surface area (TPSA) is 68.0 Å². The largest absolute Gasteiger partial charge is 0.348 e. The Morgan fingerprint density at radius 2 is 2.04 bits per heavy atom. The predicted octanol–water partition coefficient (Wildman–Crippen LogP) is 1.69. The molecule has 1 saturated carbocycles. The number of aryl methyl sites for hydroxylation is 3. The van der Waals surface area contributed by atoms with Gasteiger partial charge in [-0.3, -0.25) is 19.1 Å². The lowest BCUT2D eigenvalue weighted by molar-refractivity contribution is 0.0929. The van der Waals surface area contributed by atoms with E-state index in [9.17, 15) is 4.79 Å². The highest BCUT2D eigenvalue weighted by molar-refractivity contribution is 5.94. The molecule has 3 heterocycles. The van der Waals surface area contributed by atoms with Gasteiger partial charge in [-0.15, -0.1) is 0 Å². The van der Waals surface area contributed by atoms with Gasteiger partial charge >= 0.3 is 0 Å². The maximum atomic E-state index is 12.8. The highest BCUT2D eigenvalue weighted by Crippen LogP contribution is 2.25. The van der Waals surface area contributed by atoms with E-state index in [4.69, 9.17) is 0 Å². The van der Waals surface area contributed by atoms with Crippen molar-refractivity contribution in [1.82, 2.24) is 29.8 Å². The maximum Gasteiger partial charge on any atom is 0.272 e. The van der Waals surface area contributed by atoms with Gasteiger partial charge < -0.3 is 5.32 Å². The Kier molecular flexibility index (Phi) is 4.56. The van der Waals surface area contributed by atoms with Crippen LogP contribution in [0.3, 0.4) is 0 Å². The van der Waals surface area contributed by atoms with Gasteiger partial charge in [0.1, 0.15) is 0 Å². The Labute approximate surface area is 154 Å². The molecule has 1 amide bonds. The average Bonchev–Trinajstić information content (AvgIpc) is 3.29. The molecule has 0 unspecified atom stereocenters. The van der Waals surface area contributed by atoms with Crippen molar-refractivity contribution in [2.75, 3.05) is 6.54 Å². The fourth-order valence-corrected chi connectivity index (χ4v) is 4.33. The normalized spacial score (nSPS) is 18.3. The van der Waals surface area contributed by atoms with E-state index in [2.05, 4.69) is 33.5 Å². The van der Waals surface area contributed by atoms with E-state index in [1.165, 1.54) is 24.1 Å². The van der Waals surface area contributed by atoms with E-state index < -0.39 is 0 Å². The second-order valence-corrected chi connectivity index (χ2v) is 7.73. The number of aromatic nitrogens is 4. The molecule has 1 fully saturated rings. The number of carbonyl (C=O) groups excluding carboxylic acids is 1. The zero-order valence-electron chi connectivity index (χ0n) is 16.0. The van der Waals surface area contributed by atoms with Gasteiger partial charge in [-0.1, -0.05) is 12.8 Å². The van der Waals surface area contributed by atoms with Crippen molar-refractivity contribution in [2.24, 2.45) is 14.1 Å². The number of hydrogen-bond acceptors (Lipinski definition) is 4. The second-order valence-electron chi connectivity index (χ2n) is 7.73. The Balaban J connectivity index is 1.51. The van der Waals surface area contributed by atoms with Crippen molar-refractivity contribution in [3.05, 3.63) is 34.4 Å². The average molecular weight is 356 g/mol. The van der Waals surface area contributed by atoms with Gasteiger partial charge in [0.25, 0.3) is 5.91 Å². The molecule has 1 aliphatic carbocycles. The first-order valence-corrected chi connectivity index (χ1v) is 9.58. The molecule has 0 bridgehead atoms. The lowest BCUT2D eigenvalue weighted by Crippen LogP contribution is -2.35. The summed E-state index contributed by atoms with van der Waals surface area (Å²) in [5, 5.41) is 12.2. The van der Waals surface area contributed by atoms with Crippen LogP contribution in [0.2, 0.25) is 0 Å². The van der Waals surface area contributed by atoms with Crippen LogP contribution in [0.1, 0.15) is 58.7 Å². The van der Waals surface area contributed by atoms with E-state index in [1.807, 2.05) is 23.5 Å². The van der Waals surface area contributed by atoms with Crippen LogP contribution in [-0.4, -0.2) is 43.0 Å². The van der Waals surface area contributed by atoms with Crippen molar-refractivity contribution in [3.8, 4) is 0 Å². The first-order chi connectivity index (χ1) is 12.5. The monoisotopic (exact) mass is 356 g/mol. The molecule has 1 aliphatic heterocycles. The van der Waals surface area contributed by atoms with Crippen LogP contribution in [0.15, 0.2) is 6.20 Å². The van der Waals surface area contributed by atoms with Gasteiger partial charge in [0.05, 0.1) is 5.69 Å². The summed E-state index contributed by atoms with van der Waals surface area (Å²) in [5.41, 5.74) is 5.22. The molecule has 0 aromatic carbocycles. The molecule has 7 nitrogen and oxygen atoms in total. The lowest BCUT2D eigenvalue weighted by atomic mass is 10.0. The number of hydrogen-bond donors (Lipinski definition) is 1. The minimum atomic E-state index is -0.00633. The Bertz CT molecular complexity index is 814. The summed E-state index contributed by atoms with van der Waals surface area (Å²) in [6, 6.07) is 0.317. The minimum Gasteiger partial charge on any atom is -0.348 e. The van der Waals surface area contributed by atoms with Crippen LogP contribution in [-0.2, 0) is 33.6 Å². The first kappa shape index (κ1) is 17.3. The Morgan fingerprint density at radius 1 is 1.27 bits per heavy atom. The maximum absolute atomic E-state index is 12.8. The number of fused-ring (bicyclic) bond motifs is 1. The molecule has 4 rings (SSSR count). The van der Waals surface area contributed by atoms with Crippen molar-refractivity contribution >= 4 is 5.91 Å². The van der Waals surface area contributed by atoms with Crippen LogP contribution in [0.25, 0.3) is 0 Å². The zero-order chi connectivity index (χ0) is 18.3. The van der Waals surface area contributed by atoms with Crippen molar-refractivity contribution < 1.29 is 4.79 Å². The molecule has 2 aliphatic rings. The molecule has 140 valence electrons. The molecule has 0 saturated heterocycles. The summed E-state index contributed by atoms with van der Waals surface area (Å²) in [5.74, 6) is -0.00633. The predicted molar refractivity (Wildman–Crippen MR) is 98.7 cm³/mol. The molecule has 0 spiro atoms. The highest BCUT2D eigenvalue weighted by Gasteiger charge is 2.29. The van der Waals surface area contributed by atoms with Gasteiger partial charge in [0.15, 0.2) is 5.69 Å². The van der Waals surface area contributed by atoms with Crippen LogP contribution >= 0.6 is 0 Å². The summed E-state index contributed by atoms with van der Waals surface area (Å²) >= 11 is 0.